The van der Waals surface area contributed by atoms with E-state index in [1.54, 1.807) is 31.2 Å². The van der Waals surface area contributed by atoms with Crippen LogP contribution in [0, 0.1) is 5.41 Å². The van der Waals surface area contributed by atoms with Crippen molar-refractivity contribution in [2.24, 2.45) is 5.41 Å². The number of likely N-dealkylation sites (tertiary alicyclic amines) is 2. The number of hydrogen-bond acceptors (Lipinski definition) is 4. The van der Waals surface area contributed by atoms with Crippen molar-refractivity contribution in [2.45, 2.75) is 39.2 Å². The molecule has 2 saturated heterocycles. The molecule has 3 rings (SSSR count). The maximum absolute atomic E-state index is 12.8. The third-order valence-corrected chi connectivity index (χ3v) is 5.70. The molecule has 0 bridgehead atoms. The number of ketones is 1. The van der Waals surface area contributed by atoms with Gasteiger partial charge in [0.1, 0.15) is 5.75 Å². The molecule has 5 nitrogen and oxygen atoms in total. The van der Waals surface area contributed by atoms with E-state index in [0.29, 0.717) is 16.7 Å². The molecule has 0 unspecified atom stereocenters. The monoisotopic (exact) mass is 344 g/mol. The fourth-order valence-corrected chi connectivity index (χ4v) is 3.92. The number of rotatable bonds is 4. The third kappa shape index (κ3) is 4.03. The first kappa shape index (κ1) is 17.9. The first-order valence-electron chi connectivity index (χ1n) is 9.14. The lowest BCUT2D eigenvalue weighted by atomic mass is 9.78. The number of carbonyl (C=O) groups is 2. The van der Waals surface area contributed by atoms with Crippen molar-refractivity contribution >= 4 is 11.7 Å². The minimum absolute atomic E-state index is 0.00631. The van der Waals surface area contributed by atoms with Gasteiger partial charge in [-0.1, -0.05) is 12.1 Å². The van der Waals surface area contributed by atoms with Crippen LogP contribution in [0.25, 0.3) is 0 Å². The molecule has 2 aliphatic heterocycles. The van der Waals surface area contributed by atoms with Gasteiger partial charge in [-0.3, -0.25) is 9.59 Å². The molecular weight excluding hydrogens is 316 g/mol. The second-order valence-corrected chi connectivity index (χ2v) is 7.66. The van der Waals surface area contributed by atoms with Crippen molar-refractivity contribution in [2.75, 3.05) is 33.2 Å². The number of ether oxygens (including phenoxy) is 1. The summed E-state index contributed by atoms with van der Waals surface area (Å²) in [5.41, 5.74) is 0.903. The van der Waals surface area contributed by atoms with Crippen LogP contribution in [0.3, 0.4) is 0 Å². The van der Waals surface area contributed by atoms with Crippen molar-refractivity contribution in [3.05, 3.63) is 29.8 Å². The molecule has 1 aromatic carbocycles. The summed E-state index contributed by atoms with van der Waals surface area (Å²) in [6, 6.07) is 7.03. The van der Waals surface area contributed by atoms with E-state index < -0.39 is 6.10 Å². The molecule has 0 aromatic heterocycles. The predicted molar refractivity (Wildman–Crippen MR) is 96.9 cm³/mol. The van der Waals surface area contributed by atoms with E-state index in [9.17, 15) is 9.59 Å². The van der Waals surface area contributed by atoms with Gasteiger partial charge < -0.3 is 14.5 Å². The van der Waals surface area contributed by atoms with Crippen molar-refractivity contribution in [1.29, 1.82) is 0 Å². The Kier molecular flexibility index (Phi) is 5.13. The van der Waals surface area contributed by atoms with E-state index >= 15 is 0 Å². The molecule has 5 heteroatoms. The lowest BCUT2D eigenvalue weighted by Gasteiger charge is -2.37. The second-order valence-electron chi connectivity index (χ2n) is 7.66. The zero-order chi connectivity index (χ0) is 18.0. The lowest BCUT2D eigenvalue weighted by Crippen LogP contribution is -2.43. The van der Waals surface area contributed by atoms with Gasteiger partial charge in [0.25, 0.3) is 5.91 Å². The van der Waals surface area contributed by atoms with Gasteiger partial charge in [-0.05, 0) is 70.8 Å². The molecule has 1 atom stereocenters. The summed E-state index contributed by atoms with van der Waals surface area (Å²) in [4.78, 5) is 28.6. The highest BCUT2D eigenvalue weighted by Crippen LogP contribution is 2.40. The van der Waals surface area contributed by atoms with Crippen LogP contribution in [0.4, 0.5) is 0 Å². The Bertz CT molecular complexity index is 650. The van der Waals surface area contributed by atoms with Crippen molar-refractivity contribution in [3.8, 4) is 5.75 Å². The zero-order valence-electron chi connectivity index (χ0n) is 15.5. The van der Waals surface area contributed by atoms with Crippen LogP contribution in [0.2, 0.25) is 0 Å². The van der Waals surface area contributed by atoms with Crippen LogP contribution in [0.5, 0.6) is 5.75 Å². The maximum atomic E-state index is 12.8. The van der Waals surface area contributed by atoms with Crippen LogP contribution in [-0.4, -0.2) is 60.8 Å². The standard InChI is InChI=1S/C20H28N2O3/c1-15(23)17-5-4-6-18(13-17)25-16(2)19(24)22-12-9-20(14-22)7-10-21(3)11-8-20/h4-6,13,16H,7-12,14H2,1-3H3/t16-/m0/s1. The van der Waals surface area contributed by atoms with Crippen LogP contribution < -0.4 is 4.74 Å². The highest BCUT2D eigenvalue weighted by molar-refractivity contribution is 5.94. The SMILES string of the molecule is CC(=O)c1cccc(O[C@@H](C)C(=O)N2CCC3(CCN(C)CC3)C2)c1. The van der Waals surface area contributed by atoms with Gasteiger partial charge in [-0.2, -0.15) is 0 Å². The predicted octanol–water partition coefficient (Wildman–Crippen LogP) is 2.60. The van der Waals surface area contributed by atoms with Gasteiger partial charge >= 0.3 is 0 Å². The Hall–Kier alpha value is -1.88. The summed E-state index contributed by atoms with van der Waals surface area (Å²) in [7, 11) is 2.16. The fraction of sp³-hybridized carbons (Fsp3) is 0.600. The van der Waals surface area contributed by atoms with Gasteiger partial charge in [0.05, 0.1) is 0 Å². The van der Waals surface area contributed by atoms with E-state index in [0.717, 1.165) is 32.6 Å². The Balaban J connectivity index is 1.60. The van der Waals surface area contributed by atoms with Crippen molar-refractivity contribution < 1.29 is 14.3 Å². The summed E-state index contributed by atoms with van der Waals surface area (Å²) >= 11 is 0. The third-order valence-electron chi connectivity index (χ3n) is 5.70. The average molecular weight is 344 g/mol. The quantitative estimate of drug-likeness (QED) is 0.788. The molecule has 2 heterocycles. The first-order valence-corrected chi connectivity index (χ1v) is 9.14. The second kappa shape index (κ2) is 7.16. The Morgan fingerprint density at radius 1 is 1.16 bits per heavy atom. The van der Waals surface area contributed by atoms with Gasteiger partial charge in [0, 0.05) is 18.7 Å². The molecular formula is C20H28N2O3. The maximum Gasteiger partial charge on any atom is 0.263 e. The lowest BCUT2D eigenvalue weighted by molar-refractivity contribution is -0.137. The smallest absolute Gasteiger partial charge is 0.263 e. The molecule has 0 aliphatic carbocycles. The van der Waals surface area contributed by atoms with Crippen LogP contribution in [0.1, 0.15) is 43.5 Å². The molecule has 2 aliphatic rings. The Morgan fingerprint density at radius 3 is 2.52 bits per heavy atom. The van der Waals surface area contributed by atoms with Crippen LogP contribution in [-0.2, 0) is 4.79 Å². The minimum Gasteiger partial charge on any atom is -0.481 e. The Morgan fingerprint density at radius 2 is 1.84 bits per heavy atom. The van der Waals surface area contributed by atoms with Crippen LogP contribution in [0.15, 0.2) is 24.3 Å². The number of carbonyl (C=O) groups excluding carboxylic acids is 2. The molecule has 2 fully saturated rings. The van der Waals surface area contributed by atoms with E-state index in [4.69, 9.17) is 4.74 Å². The summed E-state index contributed by atoms with van der Waals surface area (Å²) in [5, 5.41) is 0. The molecule has 136 valence electrons. The zero-order valence-corrected chi connectivity index (χ0v) is 15.5. The highest BCUT2D eigenvalue weighted by Gasteiger charge is 2.42. The number of piperidine rings is 1. The normalized spacial score (nSPS) is 21.3. The number of Topliss-reactive ketones (excluding diaryl/α,β-unsaturated/α-hetero) is 1. The molecule has 1 spiro atoms. The number of hydrogen-bond donors (Lipinski definition) is 0. The van der Waals surface area contributed by atoms with Crippen LogP contribution >= 0.6 is 0 Å². The molecule has 0 N–H and O–H groups in total. The van der Waals surface area contributed by atoms with Crippen molar-refractivity contribution in [1.82, 2.24) is 9.80 Å². The van der Waals surface area contributed by atoms with Gasteiger partial charge in [0.15, 0.2) is 11.9 Å². The number of nitrogens with zero attached hydrogens (tertiary/aromatic N) is 2. The van der Waals surface area contributed by atoms with Crippen molar-refractivity contribution in [3.63, 3.8) is 0 Å². The first-order chi connectivity index (χ1) is 11.9. The van der Waals surface area contributed by atoms with Gasteiger partial charge in [0.2, 0.25) is 0 Å². The minimum atomic E-state index is -0.538. The van der Waals surface area contributed by atoms with Gasteiger partial charge in [-0.25, -0.2) is 0 Å². The molecule has 1 amide bonds. The molecule has 25 heavy (non-hydrogen) atoms. The van der Waals surface area contributed by atoms with E-state index in [2.05, 4.69) is 11.9 Å². The Labute approximate surface area is 149 Å². The number of amides is 1. The van der Waals surface area contributed by atoms with E-state index in [-0.39, 0.29) is 11.7 Å². The van der Waals surface area contributed by atoms with Gasteiger partial charge in [-0.15, -0.1) is 0 Å². The summed E-state index contributed by atoms with van der Waals surface area (Å²) < 4.78 is 5.82. The number of benzene rings is 1. The summed E-state index contributed by atoms with van der Waals surface area (Å²) in [5.74, 6) is 0.610. The van der Waals surface area contributed by atoms with E-state index in [1.807, 2.05) is 4.90 Å². The summed E-state index contributed by atoms with van der Waals surface area (Å²) in [6.45, 7) is 7.23. The fourth-order valence-electron chi connectivity index (χ4n) is 3.92. The molecule has 0 radical (unpaired) electrons. The van der Waals surface area contributed by atoms with E-state index in [1.165, 1.54) is 19.8 Å². The molecule has 1 aromatic rings. The topological polar surface area (TPSA) is 49.9 Å². The highest BCUT2D eigenvalue weighted by atomic mass is 16.5. The average Bonchev–Trinajstić information content (AvgIpc) is 3.01. The largest absolute Gasteiger partial charge is 0.481 e. The summed E-state index contributed by atoms with van der Waals surface area (Å²) in [6.07, 6.45) is 2.90. The molecule has 0 saturated carbocycles.